The third-order valence-electron chi connectivity index (χ3n) is 1.33. The first-order valence-corrected chi connectivity index (χ1v) is 5.35. The monoisotopic (exact) mass is 284 g/mol. The van der Waals surface area contributed by atoms with Crippen molar-refractivity contribution in [2.24, 2.45) is 0 Å². The molecular formula is C8H7BrF2O2S. The maximum atomic E-state index is 11.7. The molecule has 1 rings (SSSR count). The number of carbonyl (C=O) groups excluding carboxylic acids is 1. The van der Waals surface area contributed by atoms with E-state index in [1.807, 2.05) is 0 Å². The minimum atomic E-state index is -2.53. The van der Waals surface area contributed by atoms with Crippen LogP contribution in [0, 0.1) is 0 Å². The van der Waals surface area contributed by atoms with Gasteiger partial charge in [-0.25, -0.2) is 8.78 Å². The van der Waals surface area contributed by atoms with Crippen LogP contribution in [0.25, 0.3) is 0 Å². The molecular weight excluding hydrogens is 278 g/mol. The standard InChI is InChI=1S/C8H7BrF2O2S/c9-7-2-1-6(14-7)5(12)3-13-4-8(10)11/h1-2,8H,3-4H2. The summed E-state index contributed by atoms with van der Waals surface area (Å²) in [6, 6.07) is 3.35. The molecule has 0 aromatic carbocycles. The van der Waals surface area contributed by atoms with Gasteiger partial charge in [-0.3, -0.25) is 4.79 Å². The van der Waals surface area contributed by atoms with Crippen molar-refractivity contribution in [1.82, 2.24) is 0 Å². The fourth-order valence-electron chi connectivity index (χ4n) is 0.776. The maximum Gasteiger partial charge on any atom is 0.261 e. The quantitative estimate of drug-likeness (QED) is 0.777. The number of rotatable bonds is 5. The van der Waals surface area contributed by atoms with E-state index in [1.54, 1.807) is 12.1 Å². The molecule has 0 amide bonds. The Balaban J connectivity index is 2.36. The van der Waals surface area contributed by atoms with Gasteiger partial charge in [0.15, 0.2) is 5.78 Å². The zero-order chi connectivity index (χ0) is 10.6. The molecule has 0 atom stereocenters. The molecule has 0 radical (unpaired) electrons. The highest BCUT2D eigenvalue weighted by Crippen LogP contribution is 2.22. The summed E-state index contributed by atoms with van der Waals surface area (Å²) < 4.78 is 28.6. The Labute approximate surface area is 92.0 Å². The second-order valence-corrected chi connectivity index (χ2v) is 4.90. The van der Waals surface area contributed by atoms with Crippen LogP contribution in [-0.4, -0.2) is 25.4 Å². The van der Waals surface area contributed by atoms with Crippen molar-refractivity contribution in [2.45, 2.75) is 6.43 Å². The van der Waals surface area contributed by atoms with Gasteiger partial charge in [0.25, 0.3) is 6.43 Å². The van der Waals surface area contributed by atoms with Crippen LogP contribution < -0.4 is 0 Å². The van der Waals surface area contributed by atoms with E-state index >= 15 is 0 Å². The highest BCUT2D eigenvalue weighted by Gasteiger charge is 2.10. The molecule has 0 N–H and O–H groups in total. The van der Waals surface area contributed by atoms with Gasteiger partial charge in [-0.2, -0.15) is 0 Å². The molecule has 0 aliphatic rings. The predicted molar refractivity (Wildman–Crippen MR) is 53.2 cm³/mol. The topological polar surface area (TPSA) is 26.3 Å². The SMILES string of the molecule is O=C(COCC(F)F)c1ccc(Br)s1. The maximum absolute atomic E-state index is 11.7. The molecule has 0 saturated carbocycles. The lowest BCUT2D eigenvalue weighted by atomic mass is 10.3. The van der Waals surface area contributed by atoms with Crippen molar-refractivity contribution in [2.75, 3.05) is 13.2 Å². The molecule has 1 aromatic heterocycles. The highest BCUT2D eigenvalue weighted by molar-refractivity contribution is 9.11. The van der Waals surface area contributed by atoms with E-state index < -0.39 is 13.0 Å². The average molecular weight is 285 g/mol. The Morgan fingerprint density at radius 3 is 2.79 bits per heavy atom. The summed E-state index contributed by atoms with van der Waals surface area (Å²) in [5, 5.41) is 0. The van der Waals surface area contributed by atoms with Gasteiger partial charge in [-0.15, -0.1) is 11.3 Å². The van der Waals surface area contributed by atoms with Gasteiger partial charge in [0.2, 0.25) is 0 Å². The summed E-state index contributed by atoms with van der Waals surface area (Å²) in [7, 11) is 0. The Kier molecular flexibility index (Phi) is 4.64. The summed E-state index contributed by atoms with van der Waals surface area (Å²) in [5.41, 5.74) is 0. The molecule has 0 bridgehead atoms. The summed E-state index contributed by atoms with van der Waals surface area (Å²) in [5.74, 6) is -0.277. The van der Waals surface area contributed by atoms with Crippen molar-refractivity contribution in [3.63, 3.8) is 0 Å². The van der Waals surface area contributed by atoms with Crippen molar-refractivity contribution in [1.29, 1.82) is 0 Å². The molecule has 0 spiro atoms. The third kappa shape index (κ3) is 3.81. The van der Waals surface area contributed by atoms with E-state index in [9.17, 15) is 13.6 Å². The fraction of sp³-hybridized carbons (Fsp3) is 0.375. The average Bonchev–Trinajstić information content (AvgIpc) is 2.51. The van der Waals surface area contributed by atoms with E-state index in [0.29, 0.717) is 4.88 Å². The number of hydrogen-bond acceptors (Lipinski definition) is 3. The van der Waals surface area contributed by atoms with Gasteiger partial charge in [-0.1, -0.05) is 0 Å². The number of thiophene rings is 1. The molecule has 0 saturated heterocycles. The summed E-state index contributed by atoms with van der Waals surface area (Å²) >= 11 is 4.45. The molecule has 14 heavy (non-hydrogen) atoms. The van der Waals surface area contributed by atoms with Crippen LogP contribution in [0.15, 0.2) is 15.9 Å². The van der Waals surface area contributed by atoms with Crippen LogP contribution >= 0.6 is 27.3 Å². The van der Waals surface area contributed by atoms with Gasteiger partial charge in [0.05, 0.1) is 8.66 Å². The Morgan fingerprint density at radius 2 is 2.29 bits per heavy atom. The lowest BCUT2D eigenvalue weighted by molar-refractivity contribution is 0.0197. The van der Waals surface area contributed by atoms with Crippen molar-refractivity contribution >= 4 is 33.0 Å². The summed E-state index contributed by atoms with van der Waals surface area (Å²) in [4.78, 5) is 11.8. The first-order chi connectivity index (χ1) is 6.59. The van der Waals surface area contributed by atoms with Crippen LogP contribution in [0.2, 0.25) is 0 Å². The number of Topliss-reactive ketones (excluding diaryl/α,β-unsaturated/α-hetero) is 1. The van der Waals surface area contributed by atoms with Crippen LogP contribution in [0.5, 0.6) is 0 Å². The molecule has 0 fully saturated rings. The molecule has 1 heterocycles. The Bertz CT molecular complexity index is 314. The molecule has 2 nitrogen and oxygen atoms in total. The predicted octanol–water partition coefficient (Wildman–Crippen LogP) is 2.98. The van der Waals surface area contributed by atoms with Crippen molar-refractivity contribution in [3.8, 4) is 0 Å². The van der Waals surface area contributed by atoms with E-state index in [2.05, 4.69) is 20.7 Å². The molecule has 1 aromatic rings. The zero-order valence-electron chi connectivity index (χ0n) is 7.00. The summed E-state index contributed by atoms with van der Waals surface area (Å²) in [6.45, 7) is -0.990. The third-order valence-corrected chi connectivity index (χ3v) is 2.99. The van der Waals surface area contributed by atoms with E-state index in [0.717, 1.165) is 3.79 Å². The van der Waals surface area contributed by atoms with E-state index in [-0.39, 0.29) is 12.4 Å². The first-order valence-electron chi connectivity index (χ1n) is 3.74. The van der Waals surface area contributed by atoms with Gasteiger partial charge in [-0.05, 0) is 28.1 Å². The summed E-state index contributed by atoms with van der Waals surface area (Å²) in [6.07, 6.45) is -2.53. The number of hydrogen-bond donors (Lipinski definition) is 0. The number of carbonyl (C=O) groups is 1. The minimum Gasteiger partial charge on any atom is -0.367 e. The van der Waals surface area contributed by atoms with Crippen molar-refractivity contribution < 1.29 is 18.3 Å². The number of alkyl halides is 2. The van der Waals surface area contributed by atoms with Crippen molar-refractivity contribution in [3.05, 3.63) is 20.8 Å². The Morgan fingerprint density at radius 1 is 1.57 bits per heavy atom. The molecule has 0 aliphatic carbocycles. The zero-order valence-corrected chi connectivity index (χ0v) is 9.41. The first kappa shape index (κ1) is 11.7. The van der Waals surface area contributed by atoms with Crippen LogP contribution in [-0.2, 0) is 4.74 Å². The van der Waals surface area contributed by atoms with E-state index in [1.165, 1.54) is 11.3 Å². The normalized spacial score (nSPS) is 10.9. The number of ketones is 1. The van der Waals surface area contributed by atoms with Crippen LogP contribution in [0.1, 0.15) is 9.67 Å². The number of ether oxygens (including phenoxy) is 1. The van der Waals surface area contributed by atoms with Gasteiger partial charge in [0.1, 0.15) is 13.2 Å². The molecule has 78 valence electrons. The second kappa shape index (κ2) is 5.53. The molecule has 0 unspecified atom stereocenters. The number of halogens is 3. The minimum absolute atomic E-state index is 0.277. The van der Waals surface area contributed by atoms with Gasteiger partial charge in [0, 0.05) is 0 Å². The van der Waals surface area contributed by atoms with E-state index in [4.69, 9.17) is 0 Å². The fourth-order valence-corrected chi connectivity index (χ4v) is 2.09. The smallest absolute Gasteiger partial charge is 0.261 e. The highest BCUT2D eigenvalue weighted by atomic mass is 79.9. The van der Waals surface area contributed by atoms with Crippen LogP contribution in [0.4, 0.5) is 8.78 Å². The van der Waals surface area contributed by atoms with Gasteiger partial charge < -0.3 is 4.74 Å². The molecule has 0 aliphatic heterocycles. The van der Waals surface area contributed by atoms with Crippen LogP contribution in [0.3, 0.4) is 0 Å². The van der Waals surface area contributed by atoms with Gasteiger partial charge >= 0.3 is 0 Å². The lowest BCUT2D eigenvalue weighted by Crippen LogP contribution is -2.12. The largest absolute Gasteiger partial charge is 0.367 e. The molecule has 6 heteroatoms. The lowest BCUT2D eigenvalue weighted by Gasteiger charge is -2.00. The second-order valence-electron chi connectivity index (χ2n) is 2.43. The Hall–Kier alpha value is -0.330.